The lowest BCUT2D eigenvalue weighted by Crippen LogP contribution is -2.95. The minimum Gasteiger partial charge on any atom is -0.253 e. The maximum atomic E-state index is 7.61. The third kappa shape index (κ3) is 32.0. The van der Waals surface area contributed by atoms with E-state index < -0.39 is 352 Å². The van der Waals surface area contributed by atoms with E-state index in [1.807, 2.05) is 0 Å². The summed E-state index contributed by atoms with van der Waals surface area (Å²) in [5.74, 6) is 0. The second-order valence-corrected chi connectivity index (χ2v) is 34.0. The smallest absolute Gasteiger partial charge is 0.0527 e. The van der Waals surface area contributed by atoms with Crippen molar-refractivity contribution in [2.24, 2.45) is 0 Å². The van der Waals surface area contributed by atoms with Gasteiger partial charge in [0.25, 0.3) is 0 Å². The lowest BCUT2D eigenvalue weighted by Gasteiger charge is -2.65. The van der Waals surface area contributed by atoms with Crippen molar-refractivity contribution in [2.75, 3.05) is 0 Å². The van der Waals surface area contributed by atoms with Gasteiger partial charge < -0.3 is 0 Å². The fraction of sp³-hybridized carbons (Fsp3) is 0. The highest BCUT2D eigenvalue weighted by Crippen LogP contribution is 2.54. The summed E-state index contributed by atoms with van der Waals surface area (Å²) >= 11 is 0. The fourth-order valence-electron chi connectivity index (χ4n) is 19.4. The molecular weight excluding hydrogens is 1230 g/mol. The first-order valence-electron chi connectivity index (χ1n) is 36.8. The van der Waals surface area contributed by atoms with Crippen LogP contribution >= 0.6 is 7.56 Å². The predicted molar refractivity (Wildman–Crippen MR) is 646 cm³/mol. The van der Waals surface area contributed by atoms with Gasteiger partial charge in [0.15, 0.2) is 0 Å². The normalized spacial score (nSPS) is 9.94. The van der Waals surface area contributed by atoms with Gasteiger partial charge in [-0.1, -0.05) is 0 Å². The van der Waals surface area contributed by atoms with E-state index in [0.717, 1.165) is 0 Å². The zero-order chi connectivity index (χ0) is 88.8. The average molecular weight is 1230 g/mol. The Bertz CT molecular complexity index is 1940. The van der Waals surface area contributed by atoms with E-state index in [4.69, 9.17) is 441 Å². The van der Waals surface area contributed by atoms with Crippen LogP contribution in [-0.2, 0) is 0 Å². The molecule has 0 amide bonds. The largest absolute Gasteiger partial charge is 0.253 e. The van der Waals surface area contributed by atoms with Gasteiger partial charge in [-0.2, -0.15) is 0 Å². The second-order valence-electron chi connectivity index (χ2n) is 31.4. The Morgan fingerprint density at radius 1 is 0.0804 bits per heavy atom. The van der Waals surface area contributed by atoms with Crippen molar-refractivity contribution in [1.29, 1.82) is 0 Å². The minimum atomic E-state index is -4.05. The van der Waals surface area contributed by atoms with Crippen LogP contribution < -0.4 is 0 Å². The molecule has 0 N–H and O–H groups in total. The molecule has 0 unspecified atom stereocenters. The summed E-state index contributed by atoms with van der Waals surface area (Å²) in [6.07, 6.45) is -108. The fourth-order valence-corrected chi connectivity index (χ4v) is 25.4. The van der Waals surface area contributed by atoms with Gasteiger partial charge in [0.05, 0.1) is 18.6 Å². The first kappa shape index (κ1) is 120. The van der Waals surface area contributed by atoms with Gasteiger partial charge in [-0.3, -0.25) is 7.56 Å². The van der Waals surface area contributed by atoms with E-state index in [0.29, 0.717) is 0 Å². The molecule has 114 radical (unpaired) electrons. The highest BCUT2D eigenvalue weighted by atomic mass is 31.1. The van der Waals surface area contributed by atoms with Gasteiger partial charge in [0, 0.05) is 767 Å². The molecule has 0 atom stereocenters. The third-order valence-corrected chi connectivity index (χ3v) is 27.5. The maximum Gasteiger partial charge on any atom is 0.0527 e. The molecule has 0 aromatic carbocycles. The molecule has 0 heterocycles. The summed E-state index contributed by atoms with van der Waals surface area (Å²) in [5.41, 5.74) is 0. The quantitative estimate of drug-likeness (QED) is 0.0421. The van der Waals surface area contributed by atoms with E-state index >= 15 is 0 Å². The Labute approximate surface area is 784 Å². The summed E-state index contributed by atoms with van der Waals surface area (Å²) in [7, 11) is 409. The summed E-state index contributed by atoms with van der Waals surface area (Å²) in [4.78, 5) is 0. The number of hydrogen-bond acceptors (Lipinski definition) is 0. The molecule has 0 aliphatic heterocycles. The van der Waals surface area contributed by atoms with Gasteiger partial charge in [-0.05, 0) is 0 Å². The van der Waals surface area contributed by atoms with Gasteiger partial charge in [-0.15, -0.1) is 0 Å². The van der Waals surface area contributed by atoms with Gasteiger partial charge in [0.2, 0.25) is 0 Å². The van der Waals surface area contributed by atoms with Crippen LogP contribution in [0.3, 0.4) is 0 Å². The Balaban J connectivity index is 15.8. The van der Waals surface area contributed by atoms with Crippen LogP contribution in [0.25, 0.3) is 0 Å². The van der Waals surface area contributed by atoms with E-state index in [-0.39, 0.29) is 0 Å². The van der Waals surface area contributed by atoms with E-state index in [9.17, 15) is 0 Å². The van der Waals surface area contributed by atoms with Crippen LogP contribution in [0.1, 0.15) is 0 Å². The van der Waals surface area contributed by atoms with Crippen LogP contribution in [0.15, 0.2) is 0 Å². The Morgan fingerprint density at radius 3 is 0.250 bits per heavy atom. The zero-order valence-corrected chi connectivity index (χ0v) is 65.4. The summed E-state index contributed by atoms with van der Waals surface area (Å²) < 4.78 is 0. The first-order valence-corrected chi connectivity index (χ1v) is 38.3. The molecule has 0 fully saturated rings. The molecule has 0 bridgehead atoms. The third-order valence-electron chi connectivity index (χ3n) is 23.4. The van der Waals surface area contributed by atoms with E-state index in [1.54, 1.807) is 0 Å². The SMILES string of the molecule is [B]B([B])B([B])B(B([B])[B])B(B(B([B])[B])B([B])[B])B(B(B(B(B([B])[B])B([B])[B])B(B([B])[B])B([B])[B])B(B(B([B])[B])B([B])[B])B(B([B])[B])B([B])[B])P(B(B(B(B([B])[B])B([B])[B])B(B([B])[B])B([B])[B])B(B(B([B])[B])B([B])[B])B(B([B])[B])B([B])[B])B(B(B(B([B])[B])B([B])[B])B(B([B])[B])B([B])[B])B(B(B([B])[B])B([B])[B])B(B([B])[B])B([B])[B]. The van der Waals surface area contributed by atoms with Crippen molar-refractivity contribution in [3.05, 3.63) is 0 Å². The number of rotatable bonds is 54. The topological polar surface area (TPSA) is 0 Å². The van der Waals surface area contributed by atoms with Crippen molar-refractivity contribution < 1.29 is 0 Å². The lowest BCUT2D eigenvalue weighted by molar-refractivity contribution is 3.18. The molecule has 0 spiro atoms. The van der Waals surface area contributed by atoms with Crippen molar-refractivity contribution in [3.63, 3.8) is 0 Å². The summed E-state index contributed by atoms with van der Waals surface area (Å²) in [5, 5.41) is 0. The molecule has 0 saturated heterocycles. The molecular formula is B111P. The predicted octanol–water partition coefficient (Wildman–Crippen LogP) is -41.4. The Hall–Kier alpha value is 7.64. The highest BCUT2D eigenvalue weighted by molar-refractivity contribution is 8.65. The van der Waals surface area contributed by atoms with Gasteiger partial charge in [0.1, 0.15) is 0 Å². The summed E-state index contributed by atoms with van der Waals surface area (Å²) in [6, 6.07) is 0. The molecule has 112 heavy (non-hydrogen) atoms. The molecule has 0 saturated carbocycles. The van der Waals surface area contributed by atoms with Crippen molar-refractivity contribution in [2.45, 2.75) is 0 Å². The second kappa shape index (κ2) is 55.1. The molecule has 0 rings (SSSR count). The van der Waals surface area contributed by atoms with Crippen LogP contribution in [0.2, 0.25) is 0 Å². The Morgan fingerprint density at radius 2 is 0.161 bits per heavy atom. The molecule has 0 nitrogen and oxygen atoms in total. The standard InChI is InChI=1S/B111P/c1-58(2)86(57)100(85(55)56)107(99(83(51)52)84(53)54)111(108(101(87(59(3)4)60(5)6)88(61(7)8)62(9)10)102(89(63(11)12)64(13)14)90(65(15)16)66(17)18)112(109(103(91(67(19)20)68(21)22)92(69(23)24)70(25)26)104(93(71(27)28)72(29)30)94(73(31)32)74(33)34)110(105(95(75(35)36)76(37)38)96(77(39)40)78(41)42)106(97(79(43)44)80(45)46)98(81(47)48)82(49)50. The zero-order valence-electron chi connectivity index (χ0n) is 64.5. The van der Waals surface area contributed by atoms with Crippen LogP contribution in [-0.4, -0.2) is 785 Å². The molecule has 112 heteroatoms. The maximum absolute atomic E-state index is 7.61. The molecule has 0 aliphatic carbocycles. The van der Waals surface area contributed by atoms with Crippen molar-refractivity contribution >= 4 is 793 Å². The minimum absolute atomic E-state index is 1.85. The van der Waals surface area contributed by atoms with Crippen LogP contribution in [0, 0.1) is 0 Å². The average Bonchev–Trinajstić information content (AvgIpc) is 0.704. The lowest BCUT2D eigenvalue weighted by atomic mass is 8.29. The highest BCUT2D eigenvalue weighted by Gasteiger charge is 2.69. The molecule has 0 aliphatic rings. The monoisotopic (exact) mass is 1250 g/mol. The van der Waals surface area contributed by atoms with E-state index in [2.05, 4.69) is 0 Å². The first-order chi connectivity index (χ1) is 50.9. The van der Waals surface area contributed by atoms with Crippen molar-refractivity contribution in [3.8, 4) is 0 Å². The van der Waals surface area contributed by atoms with Gasteiger partial charge >= 0.3 is 0 Å². The van der Waals surface area contributed by atoms with Crippen LogP contribution in [0.5, 0.6) is 0 Å². The van der Waals surface area contributed by atoms with Crippen LogP contribution in [0.4, 0.5) is 0 Å². The molecule has 338 valence electrons. The van der Waals surface area contributed by atoms with Gasteiger partial charge in [-0.25, -0.2) is 0 Å². The summed E-state index contributed by atoms with van der Waals surface area (Å²) in [6.45, 7) is 0. The Kier molecular flexibility index (Phi) is 58.8. The van der Waals surface area contributed by atoms with E-state index in [1.165, 1.54) is 0 Å². The molecule has 0 aromatic heterocycles. The van der Waals surface area contributed by atoms with Crippen molar-refractivity contribution in [1.82, 2.24) is 0 Å². The molecule has 0 aromatic rings. The number of hydrogen-bond donors (Lipinski definition) is 0.